The molecular weight excluding hydrogens is 210 g/mol. The van der Waals surface area contributed by atoms with E-state index < -0.39 is 0 Å². The Morgan fingerprint density at radius 1 is 1.29 bits per heavy atom. The Labute approximate surface area is 102 Å². The summed E-state index contributed by atoms with van der Waals surface area (Å²) < 4.78 is 0. The molecule has 3 atom stereocenters. The molecule has 0 aromatic heterocycles. The lowest BCUT2D eigenvalue weighted by atomic mass is 9.65. The van der Waals surface area contributed by atoms with Crippen molar-refractivity contribution in [3.63, 3.8) is 0 Å². The van der Waals surface area contributed by atoms with E-state index in [0.29, 0.717) is 17.9 Å². The lowest BCUT2D eigenvalue weighted by Crippen LogP contribution is -2.49. The van der Waals surface area contributed by atoms with Crippen LogP contribution in [0.15, 0.2) is 30.3 Å². The van der Waals surface area contributed by atoms with Gasteiger partial charge in [0.2, 0.25) is 0 Å². The molecule has 1 saturated heterocycles. The molecule has 1 aromatic carbocycles. The molecule has 0 bridgehead atoms. The zero-order valence-corrected chi connectivity index (χ0v) is 10.3. The average Bonchev–Trinajstić information content (AvgIpc) is 2.69. The van der Waals surface area contributed by atoms with E-state index in [0.717, 1.165) is 25.7 Å². The number of carbonyl (C=O) groups excluding carboxylic acids is 1. The average molecular weight is 229 g/mol. The molecule has 0 spiro atoms. The summed E-state index contributed by atoms with van der Waals surface area (Å²) in [7, 11) is 0. The molecule has 1 N–H and O–H groups in total. The monoisotopic (exact) mass is 229 g/mol. The molecule has 0 radical (unpaired) electrons. The maximum absolute atomic E-state index is 12.5. The van der Waals surface area contributed by atoms with Gasteiger partial charge in [0, 0.05) is 18.5 Å². The van der Waals surface area contributed by atoms with Crippen LogP contribution in [0.4, 0.5) is 0 Å². The Hall–Kier alpha value is -1.15. The van der Waals surface area contributed by atoms with Crippen molar-refractivity contribution in [2.75, 3.05) is 0 Å². The lowest BCUT2D eigenvalue weighted by molar-refractivity contribution is -0.126. The first-order valence-electron chi connectivity index (χ1n) is 6.58. The minimum Gasteiger partial charge on any atom is -0.310 e. The number of hydrogen-bond acceptors (Lipinski definition) is 2. The molecule has 3 rings (SSSR count). The molecule has 1 aromatic rings. The Morgan fingerprint density at radius 2 is 2.06 bits per heavy atom. The van der Waals surface area contributed by atoms with E-state index in [1.807, 2.05) is 18.2 Å². The normalized spacial score (nSPS) is 36.9. The first-order chi connectivity index (χ1) is 8.23. The second-order valence-corrected chi connectivity index (χ2v) is 5.48. The third-order valence-corrected chi connectivity index (χ3v) is 4.39. The SMILES string of the molecule is C[C@H]1C[C@@]2(c3ccccc3)C(=O)CCC[C@H]2N1. The third kappa shape index (κ3) is 1.54. The van der Waals surface area contributed by atoms with E-state index in [9.17, 15) is 4.79 Å². The lowest BCUT2D eigenvalue weighted by Gasteiger charge is -2.37. The van der Waals surface area contributed by atoms with Crippen LogP contribution in [-0.2, 0) is 10.2 Å². The van der Waals surface area contributed by atoms with Gasteiger partial charge in [-0.3, -0.25) is 4.79 Å². The van der Waals surface area contributed by atoms with E-state index in [1.165, 1.54) is 5.56 Å². The molecular formula is C15H19NO. The zero-order chi connectivity index (χ0) is 11.9. The van der Waals surface area contributed by atoms with Crippen LogP contribution in [0.25, 0.3) is 0 Å². The number of nitrogens with one attached hydrogen (secondary N) is 1. The van der Waals surface area contributed by atoms with Gasteiger partial charge in [0.1, 0.15) is 5.78 Å². The number of benzene rings is 1. The van der Waals surface area contributed by atoms with Crippen LogP contribution in [0.5, 0.6) is 0 Å². The topological polar surface area (TPSA) is 29.1 Å². The van der Waals surface area contributed by atoms with Crippen LogP contribution >= 0.6 is 0 Å². The number of rotatable bonds is 1. The summed E-state index contributed by atoms with van der Waals surface area (Å²) in [6, 6.07) is 11.2. The Balaban J connectivity index is 2.09. The van der Waals surface area contributed by atoms with Crippen molar-refractivity contribution < 1.29 is 4.79 Å². The van der Waals surface area contributed by atoms with E-state index in [2.05, 4.69) is 24.4 Å². The highest BCUT2D eigenvalue weighted by Gasteiger charge is 2.53. The minimum atomic E-state index is -0.237. The number of carbonyl (C=O) groups is 1. The van der Waals surface area contributed by atoms with Gasteiger partial charge in [-0.1, -0.05) is 30.3 Å². The maximum atomic E-state index is 12.5. The number of fused-ring (bicyclic) bond motifs is 1. The summed E-state index contributed by atoms with van der Waals surface area (Å²) in [6.07, 6.45) is 3.88. The molecule has 2 aliphatic rings. The maximum Gasteiger partial charge on any atom is 0.145 e. The van der Waals surface area contributed by atoms with Crippen molar-refractivity contribution in [3.05, 3.63) is 35.9 Å². The van der Waals surface area contributed by atoms with E-state index in [4.69, 9.17) is 0 Å². The quantitative estimate of drug-likeness (QED) is 0.801. The smallest absolute Gasteiger partial charge is 0.145 e. The molecule has 1 aliphatic carbocycles. The summed E-state index contributed by atoms with van der Waals surface area (Å²) in [5.41, 5.74) is 0.977. The van der Waals surface area contributed by atoms with Crippen LogP contribution in [0, 0.1) is 0 Å². The molecule has 1 heterocycles. The molecule has 1 aliphatic heterocycles. The highest BCUT2D eigenvalue weighted by atomic mass is 16.1. The van der Waals surface area contributed by atoms with Gasteiger partial charge >= 0.3 is 0 Å². The summed E-state index contributed by atoms with van der Waals surface area (Å²) in [6.45, 7) is 2.19. The number of ketones is 1. The molecule has 90 valence electrons. The van der Waals surface area contributed by atoms with Gasteiger partial charge in [-0.05, 0) is 31.7 Å². The van der Waals surface area contributed by atoms with Crippen molar-refractivity contribution in [2.45, 2.75) is 50.1 Å². The number of Topliss-reactive ketones (excluding diaryl/α,β-unsaturated/α-hetero) is 1. The molecule has 0 unspecified atom stereocenters. The molecule has 2 heteroatoms. The van der Waals surface area contributed by atoms with Gasteiger partial charge in [-0.15, -0.1) is 0 Å². The van der Waals surface area contributed by atoms with Crippen molar-refractivity contribution in [3.8, 4) is 0 Å². The Bertz CT molecular complexity index is 428. The van der Waals surface area contributed by atoms with Gasteiger partial charge in [0.05, 0.1) is 5.41 Å². The van der Waals surface area contributed by atoms with Crippen molar-refractivity contribution >= 4 is 5.78 Å². The van der Waals surface area contributed by atoms with E-state index in [1.54, 1.807) is 0 Å². The fourth-order valence-corrected chi connectivity index (χ4v) is 3.71. The largest absolute Gasteiger partial charge is 0.310 e. The fourth-order valence-electron chi connectivity index (χ4n) is 3.71. The van der Waals surface area contributed by atoms with Crippen molar-refractivity contribution in [1.29, 1.82) is 0 Å². The highest BCUT2D eigenvalue weighted by molar-refractivity contribution is 5.92. The van der Waals surface area contributed by atoms with Gasteiger partial charge < -0.3 is 5.32 Å². The molecule has 0 amide bonds. The van der Waals surface area contributed by atoms with Gasteiger partial charge in [0.25, 0.3) is 0 Å². The second kappa shape index (κ2) is 3.95. The van der Waals surface area contributed by atoms with Crippen LogP contribution < -0.4 is 5.32 Å². The van der Waals surface area contributed by atoms with Gasteiger partial charge in [-0.25, -0.2) is 0 Å². The van der Waals surface area contributed by atoms with Crippen LogP contribution in [0.2, 0.25) is 0 Å². The standard InChI is InChI=1S/C15H19NO/c1-11-10-15(12-6-3-2-4-7-12)13(16-11)8-5-9-14(15)17/h2-4,6-7,11,13,16H,5,8-10H2,1H3/t11-,13+,15-/m0/s1. The summed E-state index contributed by atoms with van der Waals surface area (Å²) in [4.78, 5) is 12.5. The van der Waals surface area contributed by atoms with Crippen molar-refractivity contribution in [1.82, 2.24) is 5.32 Å². The Kier molecular flexibility index (Phi) is 2.55. The summed E-state index contributed by atoms with van der Waals surface area (Å²) >= 11 is 0. The van der Waals surface area contributed by atoms with Crippen molar-refractivity contribution in [2.24, 2.45) is 0 Å². The summed E-state index contributed by atoms with van der Waals surface area (Å²) in [5.74, 6) is 0.441. The van der Waals surface area contributed by atoms with E-state index >= 15 is 0 Å². The first-order valence-corrected chi connectivity index (χ1v) is 6.58. The van der Waals surface area contributed by atoms with E-state index in [-0.39, 0.29) is 5.41 Å². The predicted octanol–water partition coefficient (Wildman–Crippen LogP) is 2.43. The fraction of sp³-hybridized carbons (Fsp3) is 0.533. The first kappa shape index (κ1) is 11.0. The summed E-state index contributed by atoms with van der Waals surface area (Å²) in [5, 5.41) is 3.60. The minimum absolute atomic E-state index is 0.237. The third-order valence-electron chi connectivity index (χ3n) is 4.39. The molecule has 2 nitrogen and oxygen atoms in total. The van der Waals surface area contributed by atoms with Crippen LogP contribution in [0.1, 0.15) is 38.2 Å². The van der Waals surface area contributed by atoms with Gasteiger partial charge in [-0.2, -0.15) is 0 Å². The highest BCUT2D eigenvalue weighted by Crippen LogP contribution is 2.44. The molecule has 17 heavy (non-hydrogen) atoms. The molecule has 1 saturated carbocycles. The Morgan fingerprint density at radius 3 is 2.82 bits per heavy atom. The predicted molar refractivity (Wildman–Crippen MR) is 68.0 cm³/mol. The second-order valence-electron chi connectivity index (χ2n) is 5.48. The molecule has 2 fully saturated rings. The van der Waals surface area contributed by atoms with Gasteiger partial charge in [0.15, 0.2) is 0 Å². The number of hydrogen-bond donors (Lipinski definition) is 1. The van der Waals surface area contributed by atoms with Crippen LogP contribution in [-0.4, -0.2) is 17.9 Å². The zero-order valence-electron chi connectivity index (χ0n) is 10.3. The van der Waals surface area contributed by atoms with Crippen LogP contribution in [0.3, 0.4) is 0 Å².